The molecule has 0 spiro atoms. The van der Waals surface area contributed by atoms with E-state index in [1.807, 2.05) is 61.5 Å². The lowest BCUT2D eigenvalue weighted by Gasteiger charge is -2.27. The van der Waals surface area contributed by atoms with Gasteiger partial charge in [0.1, 0.15) is 12.3 Å². The predicted molar refractivity (Wildman–Crippen MR) is 148 cm³/mol. The van der Waals surface area contributed by atoms with Crippen molar-refractivity contribution >= 4 is 17.4 Å². The van der Waals surface area contributed by atoms with E-state index in [4.69, 9.17) is 9.84 Å². The smallest absolute Gasteiger partial charge is 0.346 e. The minimum absolute atomic E-state index is 0.284. The lowest BCUT2D eigenvalue weighted by Crippen LogP contribution is -2.36. The Morgan fingerprint density at radius 1 is 0.868 bits per heavy atom. The van der Waals surface area contributed by atoms with Crippen LogP contribution in [0, 0.1) is 0 Å². The first-order valence-corrected chi connectivity index (χ1v) is 12.9. The molecule has 0 amide bonds. The Kier molecular flexibility index (Phi) is 7.24. The lowest BCUT2D eigenvalue weighted by atomic mass is 9.95. The fourth-order valence-corrected chi connectivity index (χ4v) is 4.94. The highest BCUT2D eigenvalue weighted by Gasteiger charge is 2.44. The second-order valence-corrected chi connectivity index (χ2v) is 9.35. The Balaban J connectivity index is 1.64. The van der Waals surface area contributed by atoms with Crippen LogP contribution in [-0.2, 0) is 9.53 Å². The summed E-state index contributed by atoms with van der Waals surface area (Å²) in [6.45, 7) is 5.06. The quantitative estimate of drug-likeness (QED) is 0.239. The highest BCUT2D eigenvalue weighted by molar-refractivity contribution is 6.31. The number of rotatable bonds is 9. The average Bonchev–Trinajstić information content (AvgIpc) is 3.60. The number of ether oxygens (including phenoxy) is 1. The molecule has 8 heteroatoms. The summed E-state index contributed by atoms with van der Waals surface area (Å²) in [5, 5.41) is 19.5. The van der Waals surface area contributed by atoms with Gasteiger partial charge in [0.15, 0.2) is 17.1 Å². The van der Waals surface area contributed by atoms with Crippen LogP contribution in [0.5, 0.6) is 0 Å². The molecule has 0 fully saturated rings. The number of benzene rings is 3. The Bertz CT molecular complexity index is 1480. The molecule has 1 aromatic heterocycles. The van der Waals surface area contributed by atoms with E-state index in [0.29, 0.717) is 23.7 Å². The largest absolute Gasteiger partial charge is 0.462 e. The number of unbranched alkanes of at least 4 members (excludes halogenated alkanes) is 1. The lowest BCUT2D eigenvalue weighted by molar-refractivity contribution is -0.844. The maximum atomic E-state index is 13.4. The van der Waals surface area contributed by atoms with Crippen LogP contribution in [0.25, 0.3) is 28.2 Å². The van der Waals surface area contributed by atoms with Crippen molar-refractivity contribution in [2.45, 2.75) is 26.7 Å². The van der Waals surface area contributed by atoms with Crippen LogP contribution >= 0.6 is 0 Å². The molecular weight excluding hydrogens is 476 g/mol. The number of aromatic nitrogens is 4. The van der Waals surface area contributed by atoms with E-state index in [9.17, 15) is 4.79 Å². The first-order chi connectivity index (χ1) is 18.6. The van der Waals surface area contributed by atoms with Crippen molar-refractivity contribution in [2.24, 2.45) is 5.10 Å². The van der Waals surface area contributed by atoms with Gasteiger partial charge in [-0.15, -0.1) is 5.10 Å². The summed E-state index contributed by atoms with van der Waals surface area (Å²) in [5.41, 5.74) is 6.83. The third kappa shape index (κ3) is 4.78. The molecule has 5 rings (SSSR count). The predicted octanol–water partition coefficient (Wildman–Crippen LogP) is 5.47. The standard InChI is InChI=1S/C30H30N6O2/c1-4-6-20-36(3)28(26(30(37)38-5-2)27(33-36)22-12-8-7-9-13-22)23-18-16-21(17-19-23)24-14-10-11-15-25(24)29-31-34-35-32-29/h7-19H,4-6,20H2,1-3H3/p+1. The van der Waals surface area contributed by atoms with Crippen LogP contribution in [0.2, 0.25) is 0 Å². The fourth-order valence-electron chi connectivity index (χ4n) is 4.94. The summed E-state index contributed by atoms with van der Waals surface area (Å²) in [6, 6.07) is 26.1. The monoisotopic (exact) mass is 507 g/mol. The Morgan fingerprint density at radius 2 is 1.55 bits per heavy atom. The maximum Gasteiger partial charge on any atom is 0.346 e. The number of hydrogen-bond donors (Lipinski definition) is 1. The van der Waals surface area contributed by atoms with E-state index in [-0.39, 0.29) is 10.6 Å². The molecule has 1 aliphatic rings. The van der Waals surface area contributed by atoms with Gasteiger partial charge in [0.25, 0.3) is 0 Å². The molecule has 1 atom stereocenters. The average molecular weight is 508 g/mol. The number of nitrogens with one attached hydrogen (secondary N) is 1. The molecule has 192 valence electrons. The van der Waals surface area contributed by atoms with Crippen molar-refractivity contribution in [1.82, 2.24) is 20.6 Å². The molecule has 8 nitrogen and oxygen atoms in total. The van der Waals surface area contributed by atoms with Crippen LogP contribution in [0.15, 0.2) is 89.5 Å². The SMILES string of the molecule is CCCC[N+]1(C)N=C(c2ccccc2)C(C(=O)OCC)=C1c1ccc(-c2ccccc2-c2nnn[nH]2)cc1. The molecule has 4 aromatic rings. The van der Waals surface area contributed by atoms with Gasteiger partial charge in [-0.1, -0.05) is 85.2 Å². The third-order valence-electron chi connectivity index (χ3n) is 6.75. The van der Waals surface area contributed by atoms with Crippen molar-refractivity contribution in [1.29, 1.82) is 0 Å². The molecule has 0 aliphatic carbocycles. The van der Waals surface area contributed by atoms with Gasteiger partial charge in [-0.2, -0.15) is 4.59 Å². The van der Waals surface area contributed by atoms with E-state index in [2.05, 4.69) is 58.9 Å². The van der Waals surface area contributed by atoms with E-state index in [1.54, 1.807) is 0 Å². The normalized spacial score (nSPS) is 17.0. The number of hydrogen-bond acceptors (Lipinski definition) is 6. The Morgan fingerprint density at radius 3 is 2.21 bits per heavy atom. The molecule has 0 saturated carbocycles. The van der Waals surface area contributed by atoms with E-state index < -0.39 is 0 Å². The number of esters is 1. The molecule has 3 aromatic carbocycles. The number of carbonyl (C=O) groups is 1. The van der Waals surface area contributed by atoms with Crippen LogP contribution < -0.4 is 0 Å². The number of quaternary nitrogens is 1. The Hall–Kier alpha value is -4.43. The van der Waals surface area contributed by atoms with Gasteiger partial charge in [-0.25, -0.2) is 9.89 Å². The van der Waals surface area contributed by atoms with E-state index in [1.165, 1.54) is 0 Å². The third-order valence-corrected chi connectivity index (χ3v) is 6.75. The summed E-state index contributed by atoms with van der Waals surface area (Å²) in [6.07, 6.45) is 2.00. The van der Waals surface area contributed by atoms with Crippen molar-refractivity contribution in [2.75, 3.05) is 20.2 Å². The molecule has 1 N–H and O–H groups in total. The summed E-state index contributed by atoms with van der Waals surface area (Å²) in [7, 11) is 2.07. The van der Waals surface area contributed by atoms with Crippen molar-refractivity contribution in [3.8, 4) is 22.5 Å². The van der Waals surface area contributed by atoms with Gasteiger partial charge < -0.3 is 4.74 Å². The van der Waals surface area contributed by atoms with Gasteiger partial charge in [0.05, 0.1) is 13.7 Å². The minimum Gasteiger partial charge on any atom is -0.462 e. The van der Waals surface area contributed by atoms with E-state index in [0.717, 1.165) is 52.9 Å². The summed E-state index contributed by atoms with van der Waals surface area (Å²) in [5.74, 6) is 0.258. The molecule has 1 aliphatic heterocycles. The molecule has 38 heavy (non-hydrogen) atoms. The maximum absolute atomic E-state index is 13.4. The number of carbonyl (C=O) groups excluding carboxylic acids is 1. The van der Waals surface area contributed by atoms with E-state index >= 15 is 0 Å². The summed E-state index contributed by atoms with van der Waals surface area (Å²) >= 11 is 0. The van der Waals surface area contributed by atoms with Crippen LogP contribution in [-0.4, -0.2) is 57.1 Å². The zero-order valence-electron chi connectivity index (χ0n) is 21.9. The number of aromatic amines is 1. The second kappa shape index (κ2) is 10.9. The van der Waals surface area contributed by atoms with Gasteiger partial charge in [0.2, 0.25) is 0 Å². The molecular formula is C30H31N6O2+. The molecule has 2 heterocycles. The van der Waals surface area contributed by atoms with Crippen molar-refractivity contribution in [3.63, 3.8) is 0 Å². The number of nitrogens with zero attached hydrogens (tertiary/aromatic N) is 5. The first kappa shape index (κ1) is 25.2. The summed E-state index contributed by atoms with van der Waals surface area (Å²) in [4.78, 5) is 13.4. The van der Waals surface area contributed by atoms with Crippen LogP contribution in [0.3, 0.4) is 0 Å². The number of H-pyrrole nitrogens is 1. The molecule has 1 unspecified atom stereocenters. The van der Waals surface area contributed by atoms with Crippen molar-refractivity contribution < 1.29 is 14.1 Å². The van der Waals surface area contributed by atoms with Gasteiger partial charge in [0, 0.05) is 16.7 Å². The van der Waals surface area contributed by atoms with Gasteiger partial charge >= 0.3 is 5.97 Å². The van der Waals surface area contributed by atoms with Crippen LogP contribution in [0.1, 0.15) is 37.8 Å². The summed E-state index contributed by atoms with van der Waals surface area (Å²) < 4.78 is 5.85. The van der Waals surface area contributed by atoms with Gasteiger partial charge in [-0.3, -0.25) is 0 Å². The first-order valence-electron chi connectivity index (χ1n) is 12.9. The minimum atomic E-state index is -0.351. The highest BCUT2D eigenvalue weighted by atomic mass is 16.5. The number of tetrazole rings is 1. The highest BCUT2D eigenvalue weighted by Crippen LogP contribution is 2.40. The second-order valence-electron chi connectivity index (χ2n) is 9.35. The molecule has 0 bridgehead atoms. The zero-order chi connectivity index (χ0) is 26.5. The fraction of sp³-hybridized carbons (Fsp3) is 0.233. The molecule has 0 radical (unpaired) electrons. The van der Waals surface area contributed by atoms with Crippen LogP contribution in [0.4, 0.5) is 0 Å². The molecule has 0 saturated heterocycles. The zero-order valence-corrected chi connectivity index (χ0v) is 21.9. The van der Waals surface area contributed by atoms with Gasteiger partial charge in [-0.05, 0) is 47.0 Å². The van der Waals surface area contributed by atoms with Crippen molar-refractivity contribution in [3.05, 3.63) is 95.6 Å². The Labute approximate surface area is 222 Å². The topological polar surface area (TPSA) is 93.1 Å².